The van der Waals surface area contributed by atoms with Crippen molar-refractivity contribution in [3.63, 3.8) is 0 Å². The molecule has 94 valence electrons. The van der Waals surface area contributed by atoms with Gasteiger partial charge in [-0.15, -0.1) is 0 Å². The molecule has 0 heterocycles. The molecule has 0 aliphatic carbocycles. The third kappa shape index (κ3) is 3.54. The van der Waals surface area contributed by atoms with Crippen molar-refractivity contribution in [2.75, 3.05) is 7.11 Å². The Morgan fingerprint density at radius 2 is 2.18 bits per heavy atom. The van der Waals surface area contributed by atoms with E-state index < -0.39 is 12.6 Å². The van der Waals surface area contributed by atoms with Crippen LogP contribution >= 0.6 is 27.5 Å². The second kappa shape index (κ2) is 6.16. The molecule has 0 radical (unpaired) electrons. The summed E-state index contributed by atoms with van der Waals surface area (Å²) in [5.41, 5.74) is 0.400. The Morgan fingerprint density at radius 1 is 1.53 bits per heavy atom. The summed E-state index contributed by atoms with van der Waals surface area (Å²) in [4.78, 5) is 11.4. The number of esters is 1. The molecule has 0 aliphatic rings. The fourth-order valence-electron chi connectivity index (χ4n) is 1.20. The number of hydrogen-bond donors (Lipinski definition) is 0. The topological polar surface area (TPSA) is 35.5 Å². The smallest absolute Gasteiger partial charge is 0.387 e. The molecule has 0 atom stereocenters. The van der Waals surface area contributed by atoms with Crippen LogP contribution in [-0.2, 0) is 10.1 Å². The highest BCUT2D eigenvalue weighted by atomic mass is 79.9. The monoisotopic (exact) mass is 328 g/mol. The van der Waals surface area contributed by atoms with Crippen LogP contribution in [0.2, 0.25) is 5.02 Å². The van der Waals surface area contributed by atoms with E-state index in [4.69, 9.17) is 11.6 Å². The average molecular weight is 330 g/mol. The normalized spacial score (nSPS) is 10.5. The van der Waals surface area contributed by atoms with E-state index in [1.165, 1.54) is 12.1 Å². The number of methoxy groups -OCH3 is 1. The van der Waals surface area contributed by atoms with Gasteiger partial charge in [-0.3, -0.25) is 0 Å². The Bertz CT molecular complexity index is 426. The highest BCUT2D eigenvalue weighted by Gasteiger charge is 2.21. The van der Waals surface area contributed by atoms with Gasteiger partial charge in [0.2, 0.25) is 0 Å². The molecule has 7 heteroatoms. The Hall–Kier alpha value is -0.880. The maximum atomic E-state index is 12.2. The standard InChI is InChI=1S/C10H8BrClF2O3/c1-16-9(15)8-6(12)2-5(4-11)3-7(8)17-10(13)14/h2-3,10H,4H2,1H3. The van der Waals surface area contributed by atoms with Gasteiger partial charge in [-0.1, -0.05) is 27.5 Å². The van der Waals surface area contributed by atoms with E-state index in [1.807, 2.05) is 0 Å². The number of rotatable bonds is 4. The van der Waals surface area contributed by atoms with Gasteiger partial charge in [-0.05, 0) is 17.7 Å². The summed E-state index contributed by atoms with van der Waals surface area (Å²) in [5, 5.41) is 0.401. The first kappa shape index (κ1) is 14.2. The van der Waals surface area contributed by atoms with Gasteiger partial charge in [0.1, 0.15) is 11.3 Å². The number of halogens is 4. The predicted octanol–water partition coefficient (Wildman–Crippen LogP) is 3.62. The van der Waals surface area contributed by atoms with E-state index in [9.17, 15) is 13.6 Å². The van der Waals surface area contributed by atoms with Gasteiger partial charge >= 0.3 is 12.6 Å². The third-order valence-electron chi connectivity index (χ3n) is 1.87. The minimum atomic E-state index is -3.04. The minimum Gasteiger partial charge on any atom is -0.465 e. The summed E-state index contributed by atoms with van der Waals surface area (Å²) in [6, 6.07) is 2.78. The highest BCUT2D eigenvalue weighted by Crippen LogP contribution is 2.31. The number of hydrogen-bond acceptors (Lipinski definition) is 3. The zero-order valence-corrected chi connectivity index (χ0v) is 11.0. The second-order valence-corrected chi connectivity index (χ2v) is 3.92. The number of carbonyl (C=O) groups excluding carboxylic acids is 1. The summed E-state index contributed by atoms with van der Waals surface area (Å²) in [6.07, 6.45) is 0. The summed E-state index contributed by atoms with van der Waals surface area (Å²) in [5.74, 6) is -1.12. The van der Waals surface area contributed by atoms with Crippen molar-refractivity contribution >= 4 is 33.5 Å². The molecule has 0 saturated heterocycles. The number of benzene rings is 1. The van der Waals surface area contributed by atoms with Crippen LogP contribution < -0.4 is 4.74 Å². The van der Waals surface area contributed by atoms with Crippen LogP contribution in [0.3, 0.4) is 0 Å². The molecule has 1 aromatic carbocycles. The van der Waals surface area contributed by atoms with Gasteiger partial charge in [0.25, 0.3) is 0 Å². The molecule has 1 rings (SSSR count). The molecule has 3 nitrogen and oxygen atoms in total. The van der Waals surface area contributed by atoms with Crippen LogP contribution in [0.4, 0.5) is 8.78 Å². The lowest BCUT2D eigenvalue weighted by molar-refractivity contribution is -0.0504. The van der Waals surface area contributed by atoms with Crippen molar-refractivity contribution < 1.29 is 23.0 Å². The summed E-state index contributed by atoms with van der Waals surface area (Å²) in [6.45, 7) is -3.04. The van der Waals surface area contributed by atoms with E-state index >= 15 is 0 Å². The fraction of sp³-hybridized carbons (Fsp3) is 0.300. The zero-order chi connectivity index (χ0) is 13.0. The second-order valence-electron chi connectivity index (χ2n) is 2.95. The molecule has 17 heavy (non-hydrogen) atoms. The third-order valence-corrected chi connectivity index (χ3v) is 2.82. The quantitative estimate of drug-likeness (QED) is 0.625. The molecule has 0 saturated carbocycles. The molecule has 0 amide bonds. The number of carbonyl (C=O) groups is 1. The minimum absolute atomic E-state index is 0.00412. The molecule has 0 unspecified atom stereocenters. The van der Waals surface area contributed by atoms with Crippen LogP contribution in [0.15, 0.2) is 12.1 Å². The van der Waals surface area contributed by atoms with E-state index in [-0.39, 0.29) is 16.3 Å². The lowest BCUT2D eigenvalue weighted by Gasteiger charge is -2.12. The maximum Gasteiger partial charge on any atom is 0.387 e. The van der Waals surface area contributed by atoms with Crippen molar-refractivity contribution in [1.82, 2.24) is 0 Å². The van der Waals surface area contributed by atoms with Crippen molar-refractivity contribution in [2.45, 2.75) is 11.9 Å². The largest absolute Gasteiger partial charge is 0.465 e. The van der Waals surface area contributed by atoms with E-state index in [0.717, 1.165) is 7.11 Å². The van der Waals surface area contributed by atoms with Gasteiger partial charge < -0.3 is 9.47 Å². The van der Waals surface area contributed by atoms with Crippen LogP contribution in [0.25, 0.3) is 0 Å². The van der Waals surface area contributed by atoms with E-state index in [0.29, 0.717) is 10.9 Å². The molecule has 0 fully saturated rings. The number of ether oxygens (including phenoxy) is 2. The molecular formula is C10H8BrClF2O3. The molecule has 0 N–H and O–H groups in total. The molecule has 0 spiro atoms. The molecule has 0 bridgehead atoms. The van der Waals surface area contributed by atoms with Crippen molar-refractivity contribution in [3.05, 3.63) is 28.3 Å². The van der Waals surface area contributed by atoms with Crippen LogP contribution in [0.5, 0.6) is 5.75 Å². The number of alkyl halides is 3. The fourth-order valence-corrected chi connectivity index (χ4v) is 1.84. The summed E-state index contributed by atoms with van der Waals surface area (Å²) >= 11 is 8.98. The van der Waals surface area contributed by atoms with E-state index in [2.05, 4.69) is 25.4 Å². The van der Waals surface area contributed by atoms with Gasteiger partial charge in [0.15, 0.2) is 0 Å². The first-order valence-corrected chi connectivity index (χ1v) is 5.91. The van der Waals surface area contributed by atoms with Crippen LogP contribution in [0, 0.1) is 0 Å². The Labute approximate surface area is 110 Å². The Balaban J connectivity index is 3.29. The molecular weight excluding hydrogens is 321 g/mol. The maximum absolute atomic E-state index is 12.2. The van der Waals surface area contributed by atoms with Gasteiger partial charge in [0, 0.05) is 5.33 Å². The van der Waals surface area contributed by atoms with Gasteiger partial charge in [0.05, 0.1) is 12.1 Å². The van der Waals surface area contributed by atoms with Gasteiger partial charge in [-0.2, -0.15) is 8.78 Å². The SMILES string of the molecule is COC(=O)c1c(Cl)cc(CBr)cc1OC(F)F. The summed E-state index contributed by atoms with van der Waals surface area (Å²) < 4.78 is 33.1. The van der Waals surface area contributed by atoms with Crippen molar-refractivity contribution in [2.24, 2.45) is 0 Å². The first-order chi connectivity index (χ1) is 7.99. The van der Waals surface area contributed by atoms with Crippen molar-refractivity contribution in [1.29, 1.82) is 0 Å². The molecule has 0 aromatic heterocycles. The first-order valence-electron chi connectivity index (χ1n) is 4.41. The zero-order valence-electron chi connectivity index (χ0n) is 8.68. The van der Waals surface area contributed by atoms with Crippen LogP contribution in [-0.4, -0.2) is 19.7 Å². The van der Waals surface area contributed by atoms with Crippen molar-refractivity contribution in [3.8, 4) is 5.75 Å². The highest BCUT2D eigenvalue weighted by molar-refractivity contribution is 9.08. The lowest BCUT2D eigenvalue weighted by Crippen LogP contribution is -2.10. The molecule has 0 aliphatic heterocycles. The lowest BCUT2D eigenvalue weighted by atomic mass is 10.1. The average Bonchev–Trinajstić information content (AvgIpc) is 2.26. The summed E-state index contributed by atoms with van der Waals surface area (Å²) in [7, 11) is 1.13. The Morgan fingerprint density at radius 3 is 2.65 bits per heavy atom. The molecule has 1 aromatic rings. The predicted molar refractivity (Wildman–Crippen MR) is 62.1 cm³/mol. The van der Waals surface area contributed by atoms with Gasteiger partial charge in [-0.25, -0.2) is 4.79 Å². The Kier molecular flexibility index (Phi) is 5.14. The van der Waals surface area contributed by atoms with E-state index in [1.54, 1.807) is 0 Å². The van der Waals surface area contributed by atoms with Crippen LogP contribution in [0.1, 0.15) is 15.9 Å².